The van der Waals surface area contributed by atoms with Crippen molar-refractivity contribution in [1.29, 1.82) is 0 Å². The van der Waals surface area contributed by atoms with Gasteiger partial charge < -0.3 is 10.0 Å². The summed E-state index contributed by atoms with van der Waals surface area (Å²) in [6, 6.07) is 0.753. The van der Waals surface area contributed by atoms with E-state index in [2.05, 4.69) is 25.8 Å². The first-order valence-electron chi connectivity index (χ1n) is 7.96. The molecular formula is C16H31NO. The fraction of sp³-hybridized carbons (Fsp3) is 1.00. The molecule has 0 saturated heterocycles. The van der Waals surface area contributed by atoms with Crippen molar-refractivity contribution >= 4 is 0 Å². The molecule has 5 unspecified atom stereocenters. The lowest BCUT2D eigenvalue weighted by molar-refractivity contribution is 0.0178. The number of hydrogen-bond acceptors (Lipinski definition) is 2. The zero-order valence-electron chi connectivity index (χ0n) is 12.4. The van der Waals surface area contributed by atoms with Gasteiger partial charge in [-0.3, -0.25) is 0 Å². The monoisotopic (exact) mass is 253 g/mol. The minimum Gasteiger partial charge on any atom is -0.393 e. The van der Waals surface area contributed by atoms with Crippen LogP contribution in [0.25, 0.3) is 0 Å². The molecule has 18 heavy (non-hydrogen) atoms. The van der Waals surface area contributed by atoms with Gasteiger partial charge in [0.15, 0.2) is 0 Å². The number of hydrogen-bond donors (Lipinski definition) is 1. The third-order valence-corrected chi connectivity index (χ3v) is 5.36. The zero-order chi connectivity index (χ0) is 13.1. The molecule has 2 heteroatoms. The van der Waals surface area contributed by atoms with Crippen molar-refractivity contribution in [2.45, 2.75) is 70.9 Å². The highest BCUT2D eigenvalue weighted by Gasteiger charge is 2.31. The van der Waals surface area contributed by atoms with Crippen LogP contribution in [0.15, 0.2) is 0 Å². The van der Waals surface area contributed by atoms with Crippen LogP contribution in [-0.4, -0.2) is 35.7 Å². The summed E-state index contributed by atoms with van der Waals surface area (Å²) in [5.41, 5.74) is 0. The molecule has 0 heterocycles. The van der Waals surface area contributed by atoms with Crippen LogP contribution in [0.3, 0.4) is 0 Å². The minimum absolute atomic E-state index is 0.0532. The second kappa shape index (κ2) is 6.38. The maximum Gasteiger partial charge on any atom is 0.0580 e. The van der Waals surface area contributed by atoms with E-state index in [1.807, 2.05) is 0 Å². The molecule has 2 nitrogen and oxygen atoms in total. The Morgan fingerprint density at radius 3 is 2.50 bits per heavy atom. The van der Waals surface area contributed by atoms with Gasteiger partial charge in [-0.2, -0.15) is 0 Å². The summed E-state index contributed by atoms with van der Waals surface area (Å²) in [6.07, 6.45) is 8.93. The van der Waals surface area contributed by atoms with Crippen molar-refractivity contribution in [3.05, 3.63) is 0 Å². The number of aliphatic hydroxyl groups is 1. The predicted octanol–water partition coefficient (Wildman–Crippen LogP) is 3.29. The molecule has 0 aliphatic heterocycles. The van der Waals surface area contributed by atoms with E-state index in [1.165, 1.54) is 38.5 Å². The molecule has 5 atom stereocenters. The van der Waals surface area contributed by atoms with Crippen molar-refractivity contribution in [2.24, 2.45) is 17.8 Å². The molecule has 2 saturated carbocycles. The second-order valence-corrected chi connectivity index (χ2v) is 7.01. The summed E-state index contributed by atoms with van der Waals surface area (Å²) in [7, 11) is 2.28. The fourth-order valence-corrected chi connectivity index (χ4v) is 4.14. The van der Waals surface area contributed by atoms with Crippen LogP contribution in [0.5, 0.6) is 0 Å². The Kier molecular flexibility index (Phi) is 5.08. The summed E-state index contributed by atoms with van der Waals surface area (Å²) in [5, 5.41) is 10.2. The van der Waals surface area contributed by atoms with Crippen LogP contribution in [0, 0.1) is 17.8 Å². The van der Waals surface area contributed by atoms with E-state index < -0.39 is 0 Å². The lowest BCUT2D eigenvalue weighted by Gasteiger charge is -2.40. The average molecular weight is 253 g/mol. The van der Waals surface area contributed by atoms with Gasteiger partial charge in [-0.1, -0.05) is 26.7 Å². The molecule has 0 aromatic carbocycles. The predicted molar refractivity (Wildman–Crippen MR) is 76.6 cm³/mol. The van der Waals surface area contributed by atoms with Gasteiger partial charge in [-0.25, -0.2) is 0 Å². The van der Waals surface area contributed by atoms with Gasteiger partial charge >= 0.3 is 0 Å². The largest absolute Gasteiger partial charge is 0.393 e. The standard InChI is InChI=1S/C16H31NO/c1-12-8-9-16(18)14(10-12)11-17(3)15-7-5-4-6-13(15)2/h12-16,18H,4-11H2,1-3H3. The molecule has 106 valence electrons. The highest BCUT2D eigenvalue weighted by atomic mass is 16.3. The van der Waals surface area contributed by atoms with Crippen LogP contribution >= 0.6 is 0 Å². The lowest BCUT2D eigenvalue weighted by atomic mass is 9.79. The van der Waals surface area contributed by atoms with Crippen LogP contribution in [-0.2, 0) is 0 Å². The topological polar surface area (TPSA) is 23.5 Å². The van der Waals surface area contributed by atoms with Crippen LogP contribution in [0.2, 0.25) is 0 Å². The van der Waals surface area contributed by atoms with E-state index >= 15 is 0 Å². The Balaban J connectivity index is 1.87. The van der Waals surface area contributed by atoms with Crippen molar-refractivity contribution in [3.8, 4) is 0 Å². The van der Waals surface area contributed by atoms with Gasteiger partial charge in [0.1, 0.15) is 0 Å². The van der Waals surface area contributed by atoms with Gasteiger partial charge in [-0.15, -0.1) is 0 Å². The molecule has 2 fully saturated rings. The quantitative estimate of drug-likeness (QED) is 0.834. The molecule has 1 N–H and O–H groups in total. The maximum atomic E-state index is 10.2. The van der Waals surface area contributed by atoms with Gasteiger partial charge in [0.2, 0.25) is 0 Å². The van der Waals surface area contributed by atoms with Crippen LogP contribution < -0.4 is 0 Å². The van der Waals surface area contributed by atoms with Gasteiger partial charge in [0, 0.05) is 12.6 Å². The smallest absolute Gasteiger partial charge is 0.0580 e. The summed E-state index contributed by atoms with van der Waals surface area (Å²) in [5.74, 6) is 2.14. The third kappa shape index (κ3) is 3.48. The Morgan fingerprint density at radius 2 is 1.78 bits per heavy atom. The summed E-state index contributed by atoms with van der Waals surface area (Å²) in [6.45, 7) is 5.84. The van der Waals surface area contributed by atoms with Gasteiger partial charge in [0.25, 0.3) is 0 Å². The highest BCUT2D eigenvalue weighted by molar-refractivity contribution is 4.84. The number of nitrogens with zero attached hydrogens (tertiary/aromatic N) is 1. The third-order valence-electron chi connectivity index (χ3n) is 5.36. The van der Waals surface area contributed by atoms with Crippen molar-refractivity contribution in [2.75, 3.05) is 13.6 Å². The van der Waals surface area contributed by atoms with Gasteiger partial charge in [0.05, 0.1) is 6.10 Å². The molecule has 0 aromatic heterocycles. The molecule has 0 spiro atoms. The number of aliphatic hydroxyl groups excluding tert-OH is 1. The average Bonchev–Trinajstić information content (AvgIpc) is 2.34. The molecule has 0 radical (unpaired) electrons. The van der Waals surface area contributed by atoms with E-state index in [0.717, 1.165) is 30.8 Å². The Bertz CT molecular complexity index is 255. The fourth-order valence-electron chi connectivity index (χ4n) is 4.14. The molecule has 0 aromatic rings. The first kappa shape index (κ1) is 14.3. The molecule has 2 aliphatic carbocycles. The second-order valence-electron chi connectivity index (χ2n) is 7.01. The summed E-state index contributed by atoms with van der Waals surface area (Å²) >= 11 is 0. The minimum atomic E-state index is -0.0532. The van der Waals surface area contributed by atoms with Crippen molar-refractivity contribution < 1.29 is 5.11 Å². The summed E-state index contributed by atoms with van der Waals surface area (Å²) in [4.78, 5) is 2.55. The molecular weight excluding hydrogens is 222 g/mol. The molecule has 2 aliphatic rings. The van der Waals surface area contributed by atoms with Crippen molar-refractivity contribution in [3.63, 3.8) is 0 Å². The van der Waals surface area contributed by atoms with Gasteiger partial charge in [-0.05, 0) is 56.9 Å². The van der Waals surface area contributed by atoms with E-state index in [0.29, 0.717) is 5.92 Å². The SMILES string of the molecule is CC1CCC(O)C(CN(C)C2CCCCC2C)C1. The lowest BCUT2D eigenvalue weighted by Crippen LogP contribution is -2.44. The molecule has 2 rings (SSSR count). The molecule has 0 bridgehead atoms. The first-order valence-corrected chi connectivity index (χ1v) is 7.96. The van der Waals surface area contributed by atoms with Crippen LogP contribution in [0.1, 0.15) is 58.8 Å². The summed E-state index contributed by atoms with van der Waals surface area (Å²) < 4.78 is 0. The van der Waals surface area contributed by atoms with E-state index in [9.17, 15) is 5.11 Å². The maximum absolute atomic E-state index is 10.2. The first-order chi connectivity index (χ1) is 8.58. The zero-order valence-corrected chi connectivity index (χ0v) is 12.4. The van der Waals surface area contributed by atoms with Crippen LogP contribution in [0.4, 0.5) is 0 Å². The number of rotatable bonds is 3. The van der Waals surface area contributed by atoms with Crippen molar-refractivity contribution in [1.82, 2.24) is 4.90 Å². The van der Waals surface area contributed by atoms with E-state index in [1.54, 1.807) is 0 Å². The normalized spacial score (nSPS) is 42.2. The molecule has 0 amide bonds. The van der Waals surface area contributed by atoms with E-state index in [4.69, 9.17) is 0 Å². The highest BCUT2D eigenvalue weighted by Crippen LogP contribution is 2.32. The Morgan fingerprint density at radius 1 is 1.06 bits per heavy atom. The Labute approximate surface area is 113 Å². The Hall–Kier alpha value is -0.0800. The van der Waals surface area contributed by atoms with E-state index in [-0.39, 0.29) is 6.10 Å².